The highest BCUT2D eigenvalue weighted by Crippen LogP contribution is 2.48. The number of likely N-dealkylation sites (tertiary alicyclic amines) is 1. The predicted molar refractivity (Wildman–Crippen MR) is 56.9 cm³/mol. The van der Waals surface area contributed by atoms with Crippen LogP contribution in [0.2, 0.25) is 0 Å². The molecule has 1 aliphatic carbocycles. The van der Waals surface area contributed by atoms with Gasteiger partial charge in [-0.2, -0.15) is 0 Å². The molecule has 1 saturated heterocycles. The summed E-state index contributed by atoms with van der Waals surface area (Å²) in [7, 11) is 0. The summed E-state index contributed by atoms with van der Waals surface area (Å²) in [5.41, 5.74) is 6.32. The van der Waals surface area contributed by atoms with Crippen molar-refractivity contribution in [2.45, 2.75) is 32.2 Å². The fourth-order valence-corrected chi connectivity index (χ4v) is 3.24. The molecule has 1 unspecified atom stereocenters. The second kappa shape index (κ2) is 3.80. The summed E-state index contributed by atoms with van der Waals surface area (Å²) in [6.07, 6.45) is 3.98. The highest BCUT2D eigenvalue weighted by Gasteiger charge is 2.48. The maximum Gasteiger partial charge on any atom is 0.0584 e. The molecule has 1 heterocycles. The van der Waals surface area contributed by atoms with Crippen molar-refractivity contribution in [3.05, 3.63) is 0 Å². The van der Waals surface area contributed by atoms with Crippen LogP contribution in [0.3, 0.4) is 0 Å². The first-order valence-electron chi connectivity index (χ1n) is 5.77. The lowest BCUT2D eigenvalue weighted by Crippen LogP contribution is -2.38. The van der Waals surface area contributed by atoms with Crippen LogP contribution in [-0.2, 0) is 0 Å². The first-order valence-corrected chi connectivity index (χ1v) is 5.77. The van der Waals surface area contributed by atoms with Crippen molar-refractivity contribution >= 4 is 0 Å². The molecule has 3 N–H and O–H groups in total. The van der Waals surface area contributed by atoms with E-state index in [0.29, 0.717) is 11.5 Å². The topological polar surface area (TPSA) is 49.5 Å². The third kappa shape index (κ3) is 1.47. The number of nitrogens with zero attached hydrogens (tertiary/aromatic N) is 1. The number of hydrogen-bond acceptors (Lipinski definition) is 3. The Morgan fingerprint density at radius 1 is 1.64 bits per heavy atom. The van der Waals surface area contributed by atoms with Gasteiger partial charge in [-0.25, -0.2) is 0 Å². The van der Waals surface area contributed by atoms with Crippen LogP contribution in [0.5, 0.6) is 0 Å². The Morgan fingerprint density at radius 2 is 2.43 bits per heavy atom. The lowest BCUT2D eigenvalue weighted by atomic mass is 9.81. The van der Waals surface area contributed by atoms with Gasteiger partial charge < -0.3 is 10.8 Å². The minimum Gasteiger partial charge on any atom is -0.395 e. The summed E-state index contributed by atoms with van der Waals surface area (Å²) in [5.74, 6) is 0.793. The van der Waals surface area contributed by atoms with E-state index in [-0.39, 0.29) is 6.61 Å². The summed E-state index contributed by atoms with van der Waals surface area (Å²) < 4.78 is 0. The van der Waals surface area contributed by atoms with Crippen LogP contribution in [0, 0.1) is 11.3 Å². The molecule has 0 aromatic heterocycles. The van der Waals surface area contributed by atoms with Crippen LogP contribution in [-0.4, -0.2) is 42.3 Å². The largest absolute Gasteiger partial charge is 0.395 e. The van der Waals surface area contributed by atoms with E-state index in [2.05, 4.69) is 11.8 Å². The average molecular weight is 198 g/mol. The fourth-order valence-electron chi connectivity index (χ4n) is 3.24. The zero-order valence-corrected chi connectivity index (χ0v) is 9.08. The number of aliphatic hydroxyl groups excluding tert-OH is 1. The lowest BCUT2D eigenvalue weighted by molar-refractivity contribution is 0.141. The number of aliphatic hydroxyl groups is 1. The van der Waals surface area contributed by atoms with E-state index < -0.39 is 0 Å². The Labute approximate surface area is 86.3 Å². The fraction of sp³-hybridized carbons (Fsp3) is 1.00. The molecule has 2 fully saturated rings. The van der Waals surface area contributed by atoms with Gasteiger partial charge >= 0.3 is 0 Å². The van der Waals surface area contributed by atoms with E-state index in [4.69, 9.17) is 10.8 Å². The molecule has 3 nitrogen and oxygen atoms in total. The van der Waals surface area contributed by atoms with E-state index in [1.165, 1.54) is 19.3 Å². The van der Waals surface area contributed by atoms with Gasteiger partial charge in [0.25, 0.3) is 0 Å². The van der Waals surface area contributed by atoms with Crippen molar-refractivity contribution in [1.82, 2.24) is 4.90 Å². The molecular formula is C11H22N2O. The summed E-state index contributed by atoms with van der Waals surface area (Å²) in [6.45, 7) is 5.46. The number of fused-ring (bicyclic) bond motifs is 1. The summed E-state index contributed by atoms with van der Waals surface area (Å²) in [6, 6.07) is 0.309. The van der Waals surface area contributed by atoms with E-state index >= 15 is 0 Å². The van der Waals surface area contributed by atoms with Crippen LogP contribution >= 0.6 is 0 Å². The minimum atomic E-state index is 0.271. The van der Waals surface area contributed by atoms with Gasteiger partial charge in [0.1, 0.15) is 0 Å². The van der Waals surface area contributed by atoms with Crippen molar-refractivity contribution in [3.63, 3.8) is 0 Å². The van der Waals surface area contributed by atoms with Gasteiger partial charge in [-0.15, -0.1) is 0 Å². The molecule has 1 aliphatic heterocycles. The lowest BCUT2D eigenvalue weighted by Gasteiger charge is -2.28. The van der Waals surface area contributed by atoms with Gasteiger partial charge in [-0.05, 0) is 37.6 Å². The molecular weight excluding hydrogens is 176 g/mol. The molecule has 2 rings (SSSR count). The van der Waals surface area contributed by atoms with Gasteiger partial charge in [-0.3, -0.25) is 4.90 Å². The molecule has 0 spiro atoms. The van der Waals surface area contributed by atoms with E-state index in [9.17, 15) is 0 Å². The molecule has 3 heteroatoms. The van der Waals surface area contributed by atoms with Crippen LogP contribution < -0.4 is 5.73 Å². The number of nitrogens with two attached hydrogens (primary N) is 1. The second-order valence-electron chi connectivity index (χ2n) is 5.12. The molecule has 0 amide bonds. The molecule has 3 atom stereocenters. The third-order valence-electron chi connectivity index (χ3n) is 4.36. The summed E-state index contributed by atoms with van der Waals surface area (Å²) >= 11 is 0. The van der Waals surface area contributed by atoms with Crippen LogP contribution in [0.1, 0.15) is 26.2 Å². The van der Waals surface area contributed by atoms with E-state index in [1.54, 1.807) is 0 Å². The van der Waals surface area contributed by atoms with Gasteiger partial charge in [0.05, 0.1) is 6.61 Å². The van der Waals surface area contributed by atoms with Crippen molar-refractivity contribution < 1.29 is 5.11 Å². The number of hydrogen-bond donors (Lipinski definition) is 2. The Bertz CT molecular complexity index is 209. The van der Waals surface area contributed by atoms with Crippen molar-refractivity contribution in [3.8, 4) is 0 Å². The Hall–Kier alpha value is -0.120. The van der Waals surface area contributed by atoms with Crippen LogP contribution in [0.25, 0.3) is 0 Å². The first-order chi connectivity index (χ1) is 6.72. The smallest absolute Gasteiger partial charge is 0.0584 e. The van der Waals surface area contributed by atoms with E-state index in [1.807, 2.05) is 0 Å². The molecule has 1 saturated carbocycles. The van der Waals surface area contributed by atoms with Crippen molar-refractivity contribution in [2.75, 3.05) is 26.2 Å². The quantitative estimate of drug-likeness (QED) is 0.691. The summed E-state index contributed by atoms with van der Waals surface area (Å²) in [5, 5.41) is 9.14. The van der Waals surface area contributed by atoms with Gasteiger partial charge in [0.2, 0.25) is 0 Å². The molecule has 0 radical (unpaired) electrons. The average Bonchev–Trinajstić information content (AvgIpc) is 2.72. The Morgan fingerprint density at radius 3 is 3.00 bits per heavy atom. The number of rotatable bonds is 3. The molecule has 0 aromatic rings. The molecule has 0 aromatic carbocycles. The summed E-state index contributed by atoms with van der Waals surface area (Å²) in [4.78, 5) is 2.41. The monoisotopic (exact) mass is 198 g/mol. The highest BCUT2D eigenvalue weighted by molar-refractivity contribution is 5.02. The molecule has 2 aliphatic rings. The van der Waals surface area contributed by atoms with Gasteiger partial charge in [0, 0.05) is 19.1 Å². The third-order valence-corrected chi connectivity index (χ3v) is 4.36. The highest BCUT2D eigenvalue weighted by atomic mass is 16.3. The molecule has 82 valence electrons. The standard InChI is InChI=1S/C11H22N2O/c1-9(6-14)13-5-10-3-2-4-11(10,7-12)8-13/h9-10,14H,2-8,12H2,1H3/t9?,10-,11-/m0/s1. The van der Waals surface area contributed by atoms with Gasteiger partial charge in [0.15, 0.2) is 0 Å². The SMILES string of the molecule is CC(CO)N1C[C@@H]2CCC[C@]2(CN)C1. The zero-order chi connectivity index (χ0) is 10.2. The Balaban J connectivity index is 2.05. The molecule has 0 bridgehead atoms. The minimum absolute atomic E-state index is 0.271. The van der Waals surface area contributed by atoms with Crippen molar-refractivity contribution in [2.24, 2.45) is 17.1 Å². The van der Waals surface area contributed by atoms with Crippen LogP contribution in [0.15, 0.2) is 0 Å². The predicted octanol–water partition coefficient (Wildman–Crippen LogP) is 0.428. The second-order valence-corrected chi connectivity index (χ2v) is 5.12. The zero-order valence-electron chi connectivity index (χ0n) is 9.08. The van der Waals surface area contributed by atoms with Crippen LogP contribution in [0.4, 0.5) is 0 Å². The molecule has 14 heavy (non-hydrogen) atoms. The Kier molecular flexibility index (Phi) is 2.82. The maximum absolute atomic E-state index is 9.14. The maximum atomic E-state index is 9.14. The van der Waals surface area contributed by atoms with E-state index in [0.717, 1.165) is 25.6 Å². The first kappa shape index (κ1) is 10.4. The van der Waals surface area contributed by atoms with Gasteiger partial charge in [-0.1, -0.05) is 6.42 Å². The van der Waals surface area contributed by atoms with Crippen molar-refractivity contribution in [1.29, 1.82) is 0 Å². The normalized spacial score (nSPS) is 40.1.